The van der Waals surface area contributed by atoms with Crippen molar-refractivity contribution in [3.8, 4) is 9.75 Å². The standard InChI is InChI=1S/C20H18FNO2S2/c21-14-5-3-13(4-6-14)20(9-10-20)19(24)22-12-15(23)16-7-8-18(26-16)17-2-1-11-25-17/h1-8,11,15,23H,9-10,12H2,(H,22,24). The summed E-state index contributed by atoms with van der Waals surface area (Å²) in [5.41, 5.74) is 0.271. The second kappa shape index (κ2) is 6.95. The summed E-state index contributed by atoms with van der Waals surface area (Å²) in [5, 5.41) is 15.3. The van der Waals surface area contributed by atoms with Crippen molar-refractivity contribution < 1.29 is 14.3 Å². The van der Waals surface area contributed by atoms with Gasteiger partial charge in [0.15, 0.2) is 0 Å². The topological polar surface area (TPSA) is 49.3 Å². The van der Waals surface area contributed by atoms with Crippen molar-refractivity contribution in [3.63, 3.8) is 0 Å². The van der Waals surface area contributed by atoms with Crippen LogP contribution in [0.5, 0.6) is 0 Å². The SMILES string of the molecule is O=C(NCC(O)c1ccc(-c2cccs2)s1)C1(c2ccc(F)cc2)CC1. The fourth-order valence-electron chi connectivity index (χ4n) is 3.08. The largest absolute Gasteiger partial charge is 0.386 e. The van der Waals surface area contributed by atoms with Crippen molar-refractivity contribution in [1.82, 2.24) is 5.32 Å². The number of rotatable bonds is 6. The van der Waals surface area contributed by atoms with Crippen LogP contribution in [0.3, 0.4) is 0 Å². The average molecular weight is 388 g/mol. The lowest BCUT2D eigenvalue weighted by Crippen LogP contribution is -2.37. The Morgan fingerprint density at radius 1 is 1.15 bits per heavy atom. The molecule has 1 amide bonds. The number of hydrogen-bond acceptors (Lipinski definition) is 4. The lowest BCUT2D eigenvalue weighted by molar-refractivity contribution is -0.124. The second-order valence-electron chi connectivity index (χ2n) is 6.49. The van der Waals surface area contributed by atoms with E-state index >= 15 is 0 Å². The zero-order valence-corrected chi connectivity index (χ0v) is 15.6. The molecular formula is C20H18FNO2S2. The van der Waals surface area contributed by atoms with Crippen LogP contribution in [0.25, 0.3) is 9.75 Å². The van der Waals surface area contributed by atoms with E-state index in [4.69, 9.17) is 0 Å². The highest BCUT2D eigenvalue weighted by Crippen LogP contribution is 2.48. The predicted molar refractivity (Wildman–Crippen MR) is 103 cm³/mol. The van der Waals surface area contributed by atoms with Gasteiger partial charge in [0.1, 0.15) is 11.9 Å². The number of benzene rings is 1. The summed E-state index contributed by atoms with van der Waals surface area (Å²) in [7, 11) is 0. The molecule has 4 rings (SSSR count). The van der Waals surface area contributed by atoms with Gasteiger partial charge in [0, 0.05) is 21.2 Å². The van der Waals surface area contributed by atoms with E-state index in [1.165, 1.54) is 28.3 Å². The maximum atomic E-state index is 13.1. The minimum Gasteiger partial charge on any atom is -0.386 e. The number of carbonyl (C=O) groups is 1. The van der Waals surface area contributed by atoms with Gasteiger partial charge in [-0.3, -0.25) is 4.79 Å². The quantitative estimate of drug-likeness (QED) is 0.654. The molecule has 1 aliphatic rings. The number of halogens is 1. The molecule has 0 spiro atoms. The van der Waals surface area contributed by atoms with E-state index < -0.39 is 11.5 Å². The summed E-state index contributed by atoms with van der Waals surface area (Å²) < 4.78 is 13.1. The van der Waals surface area contributed by atoms with Gasteiger partial charge in [-0.05, 0) is 54.1 Å². The molecule has 134 valence electrons. The van der Waals surface area contributed by atoms with Crippen molar-refractivity contribution in [2.75, 3.05) is 6.54 Å². The molecule has 1 unspecified atom stereocenters. The highest BCUT2D eigenvalue weighted by molar-refractivity contribution is 7.21. The third-order valence-corrected chi connectivity index (χ3v) is 7.01. The number of nitrogens with one attached hydrogen (secondary N) is 1. The first kappa shape index (κ1) is 17.4. The van der Waals surface area contributed by atoms with Gasteiger partial charge in [-0.25, -0.2) is 4.39 Å². The van der Waals surface area contributed by atoms with Crippen molar-refractivity contribution >= 4 is 28.6 Å². The van der Waals surface area contributed by atoms with Crippen LogP contribution in [0.1, 0.15) is 29.4 Å². The summed E-state index contributed by atoms with van der Waals surface area (Å²) in [5.74, 6) is -0.405. The molecule has 0 saturated heterocycles. The van der Waals surface area contributed by atoms with Crippen LogP contribution in [0.4, 0.5) is 4.39 Å². The maximum absolute atomic E-state index is 13.1. The van der Waals surface area contributed by atoms with E-state index in [2.05, 4.69) is 5.32 Å². The minimum atomic E-state index is -0.735. The molecule has 3 aromatic rings. The second-order valence-corrected chi connectivity index (χ2v) is 8.56. The Bertz CT molecular complexity index is 898. The normalized spacial score (nSPS) is 16.2. The zero-order valence-electron chi connectivity index (χ0n) is 13.9. The van der Waals surface area contributed by atoms with Crippen molar-refractivity contribution in [1.29, 1.82) is 0 Å². The van der Waals surface area contributed by atoms with E-state index in [-0.39, 0.29) is 18.3 Å². The molecule has 1 aromatic carbocycles. The first-order valence-electron chi connectivity index (χ1n) is 8.44. The molecule has 1 aliphatic carbocycles. The summed E-state index contributed by atoms with van der Waals surface area (Å²) in [6.45, 7) is 0.173. The van der Waals surface area contributed by atoms with Gasteiger partial charge in [-0.1, -0.05) is 18.2 Å². The Labute approximate surface area is 159 Å². The Balaban J connectivity index is 1.39. The van der Waals surface area contributed by atoms with E-state index in [0.29, 0.717) is 0 Å². The molecule has 1 fully saturated rings. The molecule has 26 heavy (non-hydrogen) atoms. The highest BCUT2D eigenvalue weighted by Gasteiger charge is 2.51. The van der Waals surface area contributed by atoms with Crippen molar-refractivity contribution in [2.45, 2.75) is 24.4 Å². The van der Waals surface area contributed by atoms with Crippen LogP contribution in [-0.4, -0.2) is 17.6 Å². The third kappa shape index (κ3) is 3.32. The molecular weight excluding hydrogens is 369 g/mol. The molecule has 2 N–H and O–H groups in total. The van der Waals surface area contributed by atoms with Gasteiger partial charge in [0.2, 0.25) is 5.91 Å². The number of carbonyl (C=O) groups excluding carboxylic acids is 1. The Morgan fingerprint density at radius 3 is 2.58 bits per heavy atom. The van der Waals surface area contributed by atoms with Crippen molar-refractivity contribution in [3.05, 3.63) is 70.2 Å². The molecule has 2 heterocycles. The lowest BCUT2D eigenvalue weighted by atomic mass is 9.95. The highest BCUT2D eigenvalue weighted by atomic mass is 32.1. The van der Waals surface area contributed by atoms with E-state index in [1.54, 1.807) is 23.5 Å². The van der Waals surface area contributed by atoms with Crippen LogP contribution < -0.4 is 5.32 Å². The lowest BCUT2D eigenvalue weighted by Gasteiger charge is -2.17. The minimum absolute atomic E-state index is 0.0989. The van der Waals surface area contributed by atoms with Crippen LogP contribution in [0.15, 0.2) is 53.9 Å². The van der Waals surface area contributed by atoms with Gasteiger partial charge in [-0.2, -0.15) is 0 Å². The van der Waals surface area contributed by atoms with E-state index in [1.807, 2.05) is 29.6 Å². The number of hydrogen-bond donors (Lipinski definition) is 2. The third-order valence-electron chi connectivity index (χ3n) is 4.76. The fraction of sp³-hybridized carbons (Fsp3) is 0.250. The molecule has 0 radical (unpaired) electrons. The fourth-order valence-corrected chi connectivity index (χ4v) is 4.91. The van der Waals surface area contributed by atoms with Gasteiger partial charge >= 0.3 is 0 Å². The van der Waals surface area contributed by atoms with Crippen LogP contribution >= 0.6 is 22.7 Å². The summed E-state index contributed by atoms with van der Waals surface area (Å²) in [6, 6.07) is 14.1. The molecule has 6 heteroatoms. The number of aliphatic hydroxyl groups is 1. The van der Waals surface area contributed by atoms with Gasteiger partial charge in [0.05, 0.1) is 5.41 Å². The van der Waals surface area contributed by atoms with Gasteiger partial charge in [-0.15, -0.1) is 22.7 Å². The zero-order chi connectivity index (χ0) is 18.1. The van der Waals surface area contributed by atoms with Crippen LogP contribution in [0, 0.1) is 5.82 Å². The molecule has 0 bridgehead atoms. The average Bonchev–Trinajstić information content (AvgIpc) is 3.07. The van der Waals surface area contributed by atoms with Crippen LogP contribution in [0.2, 0.25) is 0 Å². The first-order valence-corrected chi connectivity index (χ1v) is 10.1. The number of amides is 1. The molecule has 0 aliphatic heterocycles. The first-order chi connectivity index (χ1) is 12.6. The Kier molecular flexibility index (Phi) is 4.65. The Morgan fingerprint density at radius 2 is 1.92 bits per heavy atom. The molecule has 1 saturated carbocycles. The monoisotopic (exact) mass is 387 g/mol. The molecule has 3 nitrogen and oxygen atoms in total. The van der Waals surface area contributed by atoms with Gasteiger partial charge in [0.25, 0.3) is 0 Å². The number of aliphatic hydroxyl groups excluding tert-OH is 1. The summed E-state index contributed by atoms with van der Waals surface area (Å²) in [6.07, 6.45) is 0.770. The number of thiophene rings is 2. The maximum Gasteiger partial charge on any atom is 0.230 e. The Hall–Kier alpha value is -2.02. The van der Waals surface area contributed by atoms with Crippen LogP contribution in [-0.2, 0) is 10.2 Å². The van der Waals surface area contributed by atoms with E-state index in [9.17, 15) is 14.3 Å². The van der Waals surface area contributed by atoms with Gasteiger partial charge < -0.3 is 10.4 Å². The predicted octanol–water partition coefficient (Wildman–Crippen LogP) is 4.50. The van der Waals surface area contributed by atoms with Crippen molar-refractivity contribution in [2.24, 2.45) is 0 Å². The molecule has 1 atom stereocenters. The summed E-state index contributed by atoms with van der Waals surface area (Å²) >= 11 is 3.20. The summed E-state index contributed by atoms with van der Waals surface area (Å²) in [4.78, 5) is 15.8. The van der Waals surface area contributed by atoms with E-state index in [0.717, 1.165) is 28.2 Å². The smallest absolute Gasteiger partial charge is 0.230 e. The molecule has 2 aromatic heterocycles.